The molecule has 0 spiro atoms. The maximum absolute atomic E-state index is 12.6. The molecule has 0 unspecified atom stereocenters. The highest BCUT2D eigenvalue weighted by Gasteiger charge is 2.21. The first-order valence-electron chi connectivity index (χ1n) is 9.63. The lowest BCUT2D eigenvalue weighted by Gasteiger charge is -2.32. The maximum atomic E-state index is 12.6. The van der Waals surface area contributed by atoms with Crippen LogP contribution in [0.25, 0.3) is 10.9 Å². The second-order valence-corrected chi connectivity index (χ2v) is 7.40. The van der Waals surface area contributed by atoms with Gasteiger partial charge in [0.15, 0.2) is 0 Å². The van der Waals surface area contributed by atoms with E-state index < -0.39 is 0 Å². The molecule has 3 heterocycles. The zero-order valence-corrected chi connectivity index (χ0v) is 15.8. The second-order valence-electron chi connectivity index (χ2n) is 7.40. The standard InChI is InChI=1S/C22H26N4O/c1-25-15-17(20-7-2-3-8-21(20)25)14-22(27)24-18-9-12-26(13-10-18)16-19-6-4-5-11-23-19/h2-8,11,15,18H,9-10,12-14,16H2,1H3,(H,24,27). The molecule has 1 saturated heterocycles. The van der Waals surface area contributed by atoms with Crippen molar-refractivity contribution in [2.24, 2.45) is 7.05 Å². The van der Waals surface area contributed by atoms with Crippen molar-refractivity contribution >= 4 is 16.8 Å². The largest absolute Gasteiger partial charge is 0.353 e. The molecule has 2 aromatic heterocycles. The Kier molecular flexibility index (Phi) is 5.21. The lowest BCUT2D eigenvalue weighted by Crippen LogP contribution is -2.44. The van der Waals surface area contributed by atoms with E-state index in [-0.39, 0.29) is 11.9 Å². The molecular weight excluding hydrogens is 336 g/mol. The smallest absolute Gasteiger partial charge is 0.224 e. The van der Waals surface area contributed by atoms with E-state index in [0.29, 0.717) is 6.42 Å². The van der Waals surface area contributed by atoms with E-state index in [4.69, 9.17) is 0 Å². The molecule has 27 heavy (non-hydrogen) atoms. The predicted molar refractivity (Wildman–Crippen MR) is 107 cm³/mol. The fourth-order valence-corrected chi connectivity index (χ4v) is 3.97. The Bertz CT molecular complexity index is 910. The van der Waals surface area contributed by atoms with Gasteiger partial charge in [0, 0.05) is 56.0 Å². The molecule has 1 amide bonds. The first-order valence-corrected chi connectivity index (χ1v) is 9.63. The Balaban J connectivity index is 1.29. The van der Waals surface area contributed by atoms with Crippen LogP contribution in [0.2, 0.25) is 0 Å². The highest BCUT2D eigenvalue weighted by Crippen LogP contribution is 2.21. The van der Waals surface area contributed by atoms with Gasteiger partial charge in [0.2, 0.25) is 5.91 Å². The number of rotatable bonds is 5. The van der Waals surface area contributed by atoms with Gasteiger partial charge in [-0.15, -0.1) is 0 Å². The van der Waals surface area contributed by atoms with Gasteiger partial charge in [-0.3, -0.25) is 14.7 Å². The molecule has 5 nitrogen and oxygen atoms in total. The first kappa shape index (κ1) is 17.7. The summed E-state index contributed by atoms with van der Waals surface area (Å²) in [5, 5.41) is 4.40. The summed E-state index contributed by atoms with van der Waals surface area (Å²) in [5.41, 5.74) is 3.37. The number of piperidine rings is 1. The third kappa shape index (κ3) is 4.19. The summed E-state index contributed by atoms with van der Waals surface area (Å²) in [4.78, 5) is 19.4. The van der Waals surface area contributed by atoms with E-state index >= 15 is 0 Å². The van der Waals surface area contributed by atoms with Crippen LogP contribution in [-0.4, -0.2) is 39.5 Å². The van der Waals surface area contributed by atoms with E-state index in [9.17, 15) is 4.79 Å². The van der Waals surface area contributed by atoms with Gasteiger partial charge in [-0.25, -0.2) is 0 Å². The number of para-hydroxylation sites is 1. The number of hydrogen-bond donors (Lipinski definition) is 1. The number of aryl methyl sites for hydroxylation is 1. The SMILES string of the molecule is Cn1cc(CC(=O)NC2CCN(Cc3ccccn3)CC2)c2ccccc21. The van der Waals surface area contributed by atoms with Crippen molar-refractivity contribution in [2.75, 3.05) is 13.1 Å². The van der Waals surface area contributed by atoms with Crippen molar-refractivity contribution in [3.05, 3.63) is 66.1 Å². The van der Waals surface area contributed by atoms with Gasteiger partial charge in [0.25, 0.3) is 0 Å². The molecule has 0 bridgehead atoms. The lowest BCUT2D eigenvalue weighted by atomic mass is 10.0. The van der Waals surface area contributed by atoms with Crippen LogP contribution in [0.15, 0.2) is 54.9 Å². The van der Waals surface area contributed by atoms with Crippen molar-refractivity contribution in [2.45, 2.75) is 31.8 Å². The number of nitrogens with zero attached hydrogens (tertiary/aromatic N) is 3. The van der Waals surface area contributed by atoms with Crippen molar-refractivity contribution in [1.82, 2.24) is 19.8 Å². The zero-order chi connectivity index (χ0) is 18.6. The molecule has 140 valence electrons. The Labute approximate surface area is 160 Å². The molecule has 0 saturated carbocycles. The summed E-state index contributed by atoms with van der Waals surface area (Å²) in [6, 6.07) is 14.6. The zero-order valence-electron chi connectivity index (χ0n) is 15.8. The molecule has 5 heteroatoms. The molecule has 4 rings (SSSR count). The molecule has 1 fully saturated rings. The minimum absolute atomic E-state index is 0.120. The highest BCUT2D eigenvalue weighted by atomic mass is 16.1. The minimum Gasteiger partial charge on any atom is -0.353 e. The van der Waals surface area contributed by atoms with Gasteiger partial charge in [-0.2, -0.15) is 0 Å². The topological polar surface area (TPSA) is 50.2 Å². The van der Waals surface area contributed by atoms with Gasteiger partial charge in [-0.05, 0) is 36.6 Å². The number of amides is 1. The maximum Gasteiger partial charge on any atom is 0.224 e. The van der Waals surface area contributed by atoms with Crippen LogP contribution in [0.4, 0.5) is 0 Å². The molecule has 0 radical (unpaired) electrons. The summed E-state index contributed by atoms with van der Waals surface area (Å²) < 4.78 is 2.09. The predicted octanol–water partition coefficient (Wildman–Crippen LogP) is 2.90. The van der Waals surface area contributed by atoms with E-state index in [2.05, 4.69) is 44.2 Å². The average molecular weight is 362 g/mol. The number of benzene rings is 1. The van der Waals surface area contributed by atoms with Gasteiger partial charge in [0.05, 0.1) is 12.1 Å². The summed E-state index contributed by atoms with van der Waals surface area (Å²) >= 11 is 0. The molecule has 1 N–H and O–H groups in total. The molecule has 1 aliphatic rings. The van der Waals surface area contributed by atoms with Crippen molar-refractivity contribution < 1.29 is 4.79 Å². The van der Waals surface area contributed by atoms with Gasteiger partial charge in [0.1, 0.15) is 0 Å². The minimum atomic E-state index is 0.120. The van der Waals surface area contributed by atoms with E-state index in [1.165, 1.54) is 10.9 Å². The molecule has 1 aliphatic heterocycles. The van der Waals surface area contributed by atoms with Crippen LogP contribution >= 0.6 is 0 Å². The van der Waals surface area contributed by atoms with Crippen LogP contribution in [0.3, 0.4) is 0 Å². The summed E-state index contributed by atoms with van der Waals surface area (Å²) in [5.74, 6) is 0.120. The third-order valence-electron chi connectivity index (χ3n) is 5.39. The summed E-state index contributed by atoms with van der Waals surface area (Å²) in [7, 11) is 2.03. The molecule has 0 atom stereocenters. The van der Waals surface area contributed by atoms with Crippen molar-refractivity contribution in [3.8, 4) is 0 Å². The average Bonchev–Trinajstić information content (AvgIpc) is 3.00. The number of nitrogens with one attached hydrogen (secondary N) is 1. The van der Waals surface area contributed by atoms with Crippen LogP contribution in [0, 0.1) is 0 Å². The quantitative estimate of drug-likeness (QED) is 0.759. The Hall–Kier alpha value is -2.66. The van der Waals surface area contributed by atoms with E-state index in [1.54, 1.807) is 0 Å². The number of carbonyl (C=O) groups excluding carboxylic acids is 1. The van der Waals surface area contributed by atoms with Crippen LogP contribution < -0.4 is 5.32 Å². The van der Waals surface area contributed by atoms with E-state index in [0.717, 1.165) is 43.7 Å². The van der Waals surface area contributed by atoms with E-state index in [1.807, 2.05) is 37.5 Å². The fourth-order valence-electron chi connectivity index (χ4n) is 3.97. The third-order valence-corrected chi connectivity index (χ3v) is 5.39. The normalized spacial score (nSPS) is 15.9. The van der Waals surface area contributed by atoms with Gasteiger partial charge >= 0.3 is 0 Å². The Morgan fingerprint density at radius 2 is 1.93 bits per heavy atom. The highest BCUT2D eigenvalue weighted by molar-refractivity contribution is 5.89. The molecule has 3 aromatic rings. The number of likely N-dealkylation sites (tertiary alicyclic amines) is 1. The molecule has 1 aromatic carbocycles. The fraction of sp³-hybridized carbons (Fsp3) is 0.364. The number of fused-ring (bicyclic) bond motifs is 1. The van der Waals surface area contributed by atoms with Crippen LogP contribution in [-0.2, 0) is 24.8 Å². The number of aromatic nitrogens is 2. The van der Waals surface area contributed by atoms with Gasteiger partial charge < -0.3 is 9.88 Å². The number of pyridine rings is 1. The second kappa shape index (κ2) is 7.92. The molecular formula is C22H26N4O. The Morgan fingerprint density at radius 3 is 2.70 bits per heavy atom. The Morgan fingerprint density at radius 1 is 1.15 bits per heavy atom. The van der Waals surface area contributed by atoms with Crippen molar-refractivity contribution in [3.63, 3.8) is 0 Å². The van der Waals surface area contributed by atoms with Crippen LogP contribution in [0.1, 0.15) is 24.1 Å². The lowest BCUT2D eigenvalue weighted by molar-refractivity contribution is -0.121. The van der Waals surface area contributed by atoms with Crippen LogP contribution in [0.5, 0.6) is 0 Å². The van der Waals surface area contributed by atoms with Crippen molar-refractivity contribution in [1.29, 1.82) is 0 Å². The monoisotopic (exact) mass is 362 g/mol. The summed E-state index contributed by atoms with van der Waals surface area (Å²) in [6.07, 6.45) is 6.34. The molecule has 0 aliphatic carbocycles. The van der Waals surface area contributed by atoms with Gasteiger partial charge in [-0.1, -0.05) is 24.3 Å². The number of carbonyl (C=O) groups is 1. The number of hydrogen-bond acceptors (Lipinski definition) is 3. The summed E-state index contributed by atoms with van der Waals surface area (Å²) in [6.45, 7) is 2.88. The first-order chi connectivity index (χ1) is 13.2.